The molecule has 9 nitrogen and oxygen atoms in total. The summed E-state index contributed by atoms with van der Waals surface area (Å²) in [6, 6.07) is 5.86. The maximum Gasteiger partial charge on any atom is 0.573 e. The van der Waals surface area contributed by atoms with Gasteiger partial charge in [-0.1, -0.05) is 36.3 Å². The minimum atomic E-state index is -4.72. The lowest BCUT2D eigenvalue weighted by molar-refractivity contribution is -0.274. The summed E-state index contributed by atoms with van der Waals surface area (Å²) in [6.07, 6.45) is -2.15. The average molecular weight is 471 g/mol. The van der Waals surface area contributed by atoms with Crippen LogP contribution in [0.15, 0.2) is 24.3 Å². The van der Waals surface area contributed by atoms with E-state index in [4.69, 9.17) is 14.2 Å². The molecule has 0 amide bonds. The first-order valence-electron chi connectivity index (χ1n) is 10.4. The van der Waals surface area contributed by atoms with Gasteiger partial charge in [0, 0.05) is 0 Å². The second-order valence-corrected chi connectivity index (χ2v) is 7.87. The van der Waals surface area contributed by atoms with Crippen molar-refractivity contribution in [3.8, 4) is 11.6 Å². The molecule has 180 valence electrons. The summed E-state index contributed by atoms with van der Waals surface area (Å²) in [5.41, 5.74) is 0.836. The minimum Gasteiger partial charge on any atom is -0.472 e. The smallest absolute Gasteiger partial charge is 0.472 e. The molecule has 1 fully saturated rings. The van der Waals surface area contributed by atoms with Gasteiger partial charge in [0.25, 0.3) is 5.88 Å². The third-order valence-corrected chi connectivity index (χ3v) is 5.12. The third-order valence-electron chi connectivity index (χ3n) is 5.12. The molecule has 33 heavy (non-hydrogen) atoms. The maximum atomic E-state index is 12.3. The molecule has 0 atom stereocenters. The Hall–Kier alpha value is -3.31. The molecule has 0 bridgehead atoms. The molecule has 3 rings (SSSR count). The van der Waals surface area contributed by atoms with E-state index in [1.807, 2.05) is 0 Å². The van der Waals surface area contributed by atoms with Crippen LogP contribution in [0.25, 0.3) is 0 Å². The molecule has 1 N–H and O–H groups in total. The van der Waals surface area contributed by atoms with Crippen LogP contribution >= 0.6 is 0 Å². The van der Waals surface area contributed by atoms with Crippen LogP contribution < -0.4 is 9.47 Å². The number of esters is 2. The zero-order chi connectivity index (χ0) is 24.0. The number of nitrogens with zero attached hydrogens (tertiary/aromatic N) is 2. The van der Waals surface area contributed by atoms with Crippen molar-refractivity contribution < 1.29 is 41.7 Å². The van der Waals surface area contributed by atoms with E-state index in [9.17, 15) is 22.8 Å². The Bertz CT molecular complexity index is 937. The number of H-pyrrole nitrogens is 1. The van der Waals surface area contributed by atoms with Crippen molar-refractivity contribution in [3.63, 3.8) is 0 Å². The molecule has 0 radical (unpaired) electrons. The fourth-order valence-corrected chi connectivity index (χ4v) is 3.43. The van der Waals surface area contributed by atoms with Gasteiger partial charge in [-0.3, -0.25) is 4.79 Å². The molecule has 1 aromatic carbocycles. The first kappa shape index (κ1) is 24.3. The summed E-state index contributed by atoms with van der Waals surface area (Å²) >= 11 is 0. The first-order valence-corrected chi connectivity index (χ1v) is 10.4. The lowest BCUT2D eigenvalue weighted by Gasteiger charge is -2.28. The first-order chi connectivity index (χ1) is 15.6. The highest BCUT2D eigenvalue weighted by Crippen LogP contribution is 2.35. The highest BCUT2D eigenvalue weighted by Gasteiger charge is 2.31. The number of ether oxygens (including phenoxy) is 4. The van der Waals surface area contributed by atoms with Crippen molar-refractivity contribution >= 4 is 11.9 Å². The molecule has 0 aliphatic heterocycles. The number of rotatable bonds is 8. The van der Waals surface area contributed by atoms with Gasteiger partial charge >= 0.3 is 18.3 Å². The van der Waals surface area contributed by atoms with E-state index >= 15 is 0 Å². The SMILES string of the molecule is CC(C)C(=O)OCOC(=O)c1[nH]nnc1OC1CCC(c2ccc(OC(F)(F)F)cc2)CC1. The van der Waals surface area contributed by atoms with Gasteiger partial charge in [-0.25, -0.2) is 9.89 Å². The number of nitrogens with one attached hydrogen (secondary N) is 1. The van der Waals surface area contributed by atoms with Crippen LogP contribution in [0, 0.1) is 5.92 Å². The van der Waals surface area contributed by atoms with E-state index in [2.05, 4.69) is 20.1 Å². The van der Waals surface area contributed by atoms with Crippen molar-refractivity contribution in [2.24, 2.45) is 5.92 Å². The maximum absolute atomic E-state index is 12.3. The topological polar surface area (TPSA) is 113 Å². The number of aromatic amines is 1. The summed E-state index contributed by atoms with van der Waals surface area (Å²) in [5.74, 6) is -1.76. The van der Waals surface area contributed by atoms with Gasteiger partial charge in [0.1, 0.15) is 11.9 Å². The molecule has 1 aliphatic rings. The number of carbonyl (C=O) groups excluding carboxylic acids is 2. The Labute approximate surface area is 187 Å². The van der Waals surface area contributed by atoms with Crippen LogP contribution in [0.1, 0.15) is 61.5 Å². The van der Waals surface area contributed by atoms with Crippen molar-refractivity contribution in [2.45, 2.75) is 57.9 Å². The number of aromatic nitrogens is 3. The standard InChI is InChI=1S/C21H24F3N3O6/c1-12(2)19(28)30-11-31-20(29)17-18(26-27-25-17)32-15-7-3-13(4-8-15)14-5-9-16(10-6-14)33-21(22,23)24/h5-6,9-10,12-13,15H,3-4,7-8,11H2,1-2H3,(H,25,26,27). The fourth-order valence-electron chi connectivity index (χ4n) is 3.43. The lowest BCUT2D eigenvalue weighted by atomic mass is 9.83. The van der Waals surface area contributed by atoms with E-state index in [0.29, 0.717) is 12.8 Å². The van der Waals surface area contributed by atoms with Crippen molar-refractivity contribution in [1.82, 2.24) is 15.4 Å². The molecule has 0 unspecified atom stereocenters. The summed E-state index contributed by atoms with van der Waals surface area (Å²) in [4.78, 5) is 23.6. The Morgan fingerprint density at radius 3 is 2.36 bits per heavy atom. The van der Waals surface area contributed by atoms with E-state index < -0.39 is 25.1 Å². The van der Waals surface area contributed by atoms with Gasteiger partial charge in [-0.2, -0.15) is 0 Å². The normalized spacial score (nSPS) is 18.6. The predicted octanol–water partition coefficient (Wildman–Crippen LogP) is 4.12. The Morgan fingerprint density at radius 1 is 1.09 bits per heavy atom. The van der Waals surface area contributed by atoms with Gasteiger partial charge in [-0.05, 0) is 49.3 Å². The predicted molar refractivity (Wildman–Crippen MR) is 106 cm³/mol. The van der Waals surface area contributed by atoms with E-state index in [1.165, 1.54) is 12.1 Å². The number of halogens is 3. The van der Waals surface area contributed by atoms with Crippen molar-refractivity contribution in [2.75, 3.05) is 6.79 Å². The summed E-state index contributed by atoms with van der Waals surface area (Å²) in [6.45, 7) is 2.77. The van der Waals surface area contributed by atoms with Gasteiger partial charge in [-0.15, -0.1) is 13.2 Å². The lowest BCUT2D eigenvalue weighted by Crippen LogP contribution is -2.24. The Morgan fingerprint density at radius 2 is 1.76 bits per heavy atom. The van der Waals surface area contributed by atoms with Gasteiger partial charge in [0.05, 0.1) is 5.92 Å². The zero-order valence-corrected chi connectivity index (χ0v) is 18.1. The second kappa shape index (κ2) is 10.5. The molecule has 12 heteroatoms. The van der Waals surface area contributed by atoms with Crippen LogP contribution in [0.2, 0.25) is 0 Å². The van der Waals surface area contributed by atoms with Crippen LogP contribution in [-0.4, -0.2) is 46.6 Å². The minimum absolute atomic E-state index is 0.00714. The second-order valence-electron chi connectivity index (χ2n) is 7.87. The summed E-state index contributed by atoms with van der Waals surface area (Å²) in [7, 11) is 0. The van der Waals surface area contributed by atoms with E-state index in [1.54, 1.807) is 26.0 Å². The van der Waals surface area contributed by atoms with E-state index in [0.717, 1.165) is 18.4 Å². The number of hydrogen-bond acceptors (Lipinski definition) is 8. The number of hydrogen-bond donors (Lipinski definition) is 1. The number of benzene rings is 1. The zero-order valence-electron chi connectivity index (χ0n) is 18.1. The number of alkyl halides is 3. The molecule has 0 saturated heterocycles. The highest BCUT2D eigenvalue weighted by molar-refractivity contribution is 5.89. The Kier molecular flexibility index (Phi) is 7.77. The molecule has 1 heterocycles. The van der Waals surface area contributed by atoms with Crippen LogP contribution in [0.5, 0.6) is 11.6 Å². The largest absolute Gasteiger partial charge is 0.573 e. The van der Waals surface area contributed by atoms with Crippen LogP contribution in [-0.2, 0) is 14.3 Å². The van der Waals surface area contributed by atoms with Crippen LogP contribution in [0.3, 0.4) is 0 Å². The molecule has 2 aromatic rings. The molecule has 1 aliphatic carbocycles. The van der Waals surface area contributed by atoms with E-state index in [-0.39, 0.29) is 35.3 Å². The van der Waals surface area contributed by atoms with Gasteiger partial charge in [0.2, 0.25) is 12.5 Å². The monoisotopic (exact) mass is 471 g/mol. The molecule has 1 saturated carbocycles. The third kappa shape index (κ3) is 7.09. The van der Waals surface area contributed by atoms with Crippen molar-refractivity contribution in [3.05, 3.63) is 35.5 Å². The highest BCUT2D eigenvalue weighted by atomic mass is 19.4. The molecule has 0 spiro atoms. The average Bonchev–Trinajstić information content (AvgIpc) is 3.22. The summed E-state index contributed by atoms with van der Waals surface area (Å²) < 4.78 is 56.3. The molecule has 1 aromatic heterocycles. The van der Waals surface area contributed by atoms with Crippen molar-refractivity contribution in [1.29, 1.82) is 0 Å². The van der Waals surface area contributed by atoms with Crippen LogP contribution in [0.4, 0.5) is 13.2 Å². The quantitative estimate of drug-likeness (QED) is 0.452. The van der Waals surface area contributed by atoms with Gasteiger partial charge in [0.15, 0.2) is 0 Å². The number of carbonyl (C=O) groups is 2. The molecular weight excluding hydrogens is 447 g/mol. The Balaban J connectivity index is 1.48. The fraction of sp³-hybridized carbons (Fsp3) is 0.524. The summed E-state index contributed by atoms with van der Waals surface area (Å²) in [5, 5.41) is 9.77. The van der Waals surface area contributed by atoms with Gasteiger partial charge < -0.3 is 18.9 Å². The molecular formula is C21H24F3N3O6.